The third-order valence-electron chi connectivity index (χ3n) is 3.73. The molecule has 0 bridgehead atoms. The first-order chi connectivity index (χ1) is 11.1. The van der Waals surface area contributed by atoms with Gasteiger partial charge in [-0.3, -0.25) is 9.59 Å². The zero-order valence-electron chi connectivity index (χ0n) is 13.7. The van der Waals surface area contributed by atoms with Gasteiger partial charge in [-0.2, -0.15) is 0 Å². The number of carboxylic acid groups (broad SMARTS) is 2. The molecule has 1 atom stereocenters. The zero-order valence-corrected chi connectivity index (χ0v) is 14.5. The molecule has 23 heavy (non-hydrogen) atoms. The molecule has 1 unspecified atom stereocenters. The largest absolute Gasteiger partial charge is 0.481 e. The quantitative estimate of drug-likeness (QED) is 0.548. The normalized spacial score (nSPS) is 12.0. The van der Waals surface area contributed by atoms with E-state index >= 15 is 0 Å². The van der Waals surface area contributed by atoms with Crippen LogP contribution in [-0.2, 0) is 16.0 Å². The molecule has 4 nitrogen and oxygen atoms in total. The molecule has 1 rings (SSSR count). The van der Waals surface area contributed by atoms with Crippen molar-refractivity contribution in [1.29, 1.82) is 0 Å². The van der Waals surface area contributed by atoms with Crippen molar-refractivity contribution in [3.63, 3.8) is 0 Å². The number of unbranched alkanes of at least 4 members (excludes halogenated alkanes) is 5. The van der Waals surface area contributed by atoms with Crippen LogP contribution in [0, 0.1) is 0 Å². The molecular weight excluding hydrogens is 312 g/mol. The van der Waals surface area contributed by atoms with Gasteiger partial charge in [0.05, 0.1) is 5.75 Å². The molecule has 0 saturated carbocycles. The number of hydrogen-bond acceptors (Lipinski definition) is 3. The van der Waals surface area contributed by atoms with Crippen molar-refractivity contribution < 1.29 is 19.8 Å². The van der Waals surface area contributed by atoms with E-state index in [0.29, 0.717) is 0 Å². The number of thioether (sulfide) groups is 1. The summed E-state index contributed by atoms with van der Waals surface area (Å²) in [6, 6.07) is 7.49. The number of carbonyl (C=O) groups is 2. The van der Waals surface area contributed by atoms with E-state index in [-0.39, 0.29) is 5.75 Å². The Morgan fingerprint density at radius 2 is 1.70 bits per heavy atom. The molecule has 0 saturated heterocycles. The second kappa shape index (κ2) is 11.1. The van der Waals surface area contributed by atoms with Crippen LogP contribution in [-0.4, -0.2) is 27.9 Å². The summed E-state index contributed by atoms with van der Waals surface area (Å²) in [5, 5.41) is 17.4. The minimum absolute atomic E-state index is 0.206. The van der Waals surface area contributed by atoms with Crippen LogP contribution in [0.3, 0.4) is 0 Å². The van der Waals surface area contributed by atoms with Crippen molar-refractivity contribution in [3.8, 4) is 0 Å². The lowest BCUT2D eigenvalue weighted by molar-refractivity contribution is -0.136. The van der Waals surface area contributed by atoms with Crippen LogP contribution in [0.4, 0.5) is 0 Å². The molecule has 0 aliphatic heterocycles. The van der Waals surface area contributed by atoms with E-state index in [4.69, 9.17) is 5.11 Å². The van der Waals surface area contributed by atoms with Gasteiger partial charge >= 0.3 is 11.9 Å². The lowest BCUT2D eigenvalue weighted by Crippen LogP contribution is -2.13. The Labute approximate surface area is 142 Å². The molecule has 1 aromatic carbocycles. The van der Waals surface area contributed by atoms with Crippen LogP contribution in [0.2, 0.25) is 0 Å². The van der Waals surface area contributed by atoms with Gasteiger partial charge in [-0.1, -0.05) is 63.3 Å². The molecule has 128 valence electrons. The lowest BCUT2D eigenvalue weighted by atomic mass is 9.98. The number of hydrogen-bond donors (Lipinski definition) is 2. The summed E-state index contributed by atoms with van der Waals surface area (Å²) in [6.45, 7) is 2.19. The predicted octanol–water partition coefficient (Wildman–Crippen LogP) is 4.53. The minimum Gasteiger partial charge on any atom is -0.481 e. The van der Waals surface area contributed by atoms with Gasteiger partial charge < -0.3 is 10.2 Å². The van der Waals surface area contributed by atoms with Gasteiger partial charge in [-0.25, -0.2) is 0 Å². The fourth-order valence-corrected chi connectivity index (χ4v) is 3.42. The summed E-state index contributed by atoms with van der Waals surface area (Å²) in [7, 11) is 0. The molecule has 0 radical (unpaired) electrons. The van der Waals surface area contributed by atoms with Gasteiger partial charge in [0.1, 0.15) is 5.25 Å². The molecular formula is C18H26O4S. The van der Waals surface area contributed by atoms with Crippen molar-refractivity contribution in [2.24, 2.45) is 0 Å². The molecule has 0 aliphatic carbocycles. The Balaban J connectivity index is 2.66. The number of aryl methyl sites for hydroxylation is 1. The first-order valence-electron chi connectivity index (χ1n) is 8.20. The second-order valence-electron chi connectivity index (χ2n) is 5.64. The maximum Gasteiger partial charge on any atom is 0.321 e. The number of benzene rings is 1. The molecule has 1 aromatic rings. The van der Waals surface area contributed by atoms with Gasteiger partial charge in [0.2, 0.25) is 0 Å². The van der Waals surface area contributed by atoms with Crippen LogP contribution < -0.4 is 0 Å². The lowest BCUT2D eigenvalue weighted by Gasteiger charge is -2.16. The summed E-state index contributed by atoms with van der Waals surface area (Å²) in [5.74, 6) is -2.18. The Morgan fingerprint density at radius 3 is 2.35 bits per heavy atom. The summed E-state index contributed by atoms with van der Waals surface area (Å²) < 4.78 is 0. The SMILES string of the molecule is CCCCCCCCc1ccccc1C(SCC(=O)O)C(=O)O. The molecule has 0 fully saturated rings. The van der Waals surface area contributed by atoms with Crippen molar-refractivity contribution in [2.45, 2.75) is 57.1 Å². The first-order valence-corrected chi connectivity index (χ1v) is 9.25. The van der Waals surface area contributed by atoms with E-state index in [1.165, 1.54) is 25.7 Å². The molecule has 0 aromatic heterocycles. The topological polar surface area (TPSA) is 74.6 Å². The van der Waals surface area contributed by atoms with E-state index in [0.717, 1.165) is 42.2 Å². The maximum absolute atomic E-state index is 11.5. The van der Waals surface area contributed by atoms with E-state index in [1.807, 2.05) is 18.2 Å². The van der Waals surface area contributed by atoms with E-state index in [2.05, 4.69) is 6.92 Å². The molecule has 2 N–H and O–H groups in total. The monoisotopic (exact) mass is 338 g/mol. The van der Waals surface area contributed by atoms with Crippen molar-refractivity contribution in [2.75, 3.05) is 5.75 Å². The maximum atomic E-state index is 11.5. The van der Waals surface area contributed by atoms with Crippen molar-refractivity contribution >= 4 is 23.7 Å². The predicted molar refractivity (Wildman–Crippen MR) is 94.0 cm³/mol. The standard InChI is InChI=1S/C18H26O4S/c1-2-3-4-5-6-7-10-14-11-8-9-12-15(14)17(18(21)22)23-13-16(19)20/h8-9,11-12,17H,2-7,10,13H2,1H3,(H,19,20)(H,21,22). The van der Waals surface area contributed by atoms with Crippen LogP contribution in [0.25, 0.3) is 0 Å². The third-order valence-corrected chi connectivity index (χ3v) is 4.94. The summed E-state index contributed by atoms with van der Waals surface area (Å²) >= 11 is 0.956. The third kappa shape index (κ3) is 7.55. The van der Waals surface area contributed by atoms with Crippen LogP contribution in [0.15, 0.2) is 24.3 Å². The highest BCUT2D eigenvalue weighted by Crippen LogP contribution is 2.32. The Morgan fingerprint density at radius 1 is 1.04 bits per heavy atom. The van der Waals surface area contributed by atoms with Crippen LogP contribution in [0.1, 0.15) is 61.8 Å². The van der Waals surface area contributed by atoms with Gasteiger partial charge in [0, 0.05) is 0 Å². The van der Waals surface area contributed by atoms with Gasteiger partial charge in [0.15, 0.2) is 0 Å². The number of carboxylic acids is 2. The Hall–Kier alpha value is -1.49. The Bertz CT molecular complexity index is 502. The molecule has 0 spiro atoms. The summed E-state index contributed by atoms with van der Waals surface area (Å²) in [4.78, 5) is 22.2. The highest BCUT2D eigenvalue weighted by atomic mass is 32.2. The number of rotatable bonds is 12. The highest BCUT2D eigenvalue weighted by molar-refractivity contribution is 8.00. The summed E-state index contributed by atoms with van der Waals surface area (Å²) in [6.07, 6.45) is 7.99. The van der Waals surface area contributed by atoms with E-state index in [9.17, 15) is 14.7 Å². The molecule has 0 amide bonds. The first kappa shape index (κ1) is 19.6. The zero-order chi connectivity index (χ0) is 17.1. The second-order valence-corrected chi connectivity index (χ2v) is 6.73. The summed E-state index contributed by atoms with van der Waals surface area (Å²) in [5.41, 5.74) is 1.76. The van der Waals surface area contributed by atoms with Gasteiger partial charge in [-0.15, -0.1) is 11.8 Å². The fourth-order valence-electron chi connectivity index (χ4n) is 2.56. The Kier molecular flexibility index (Phi) is 9.45. The molecule has 5 heteroatoms. The van der Waals surface area contributed by atoms with Gasteiger partial charge in [-0.05, 0) is 24.0 Å². The number of aliphatic carboxylic acids is 2. The molecule has 0 aliphatic rings. The smallest absolute Gasteiger partial charge is 0.321 e. The van der Waals surface area contributed by atoms with E-state index in [1.54, 1.807) is 6.07 Å². The van der Waals surface area contributed by atoms with Crippen molar-refractivity contribution in [1.82, 2.24) is 0 Å². The average molecular weight is 338 g/mol. The fraction of sp³-hybridized carbons (Fsp3) is 0.556. The van der Waals surface area contributed by atoms with E-state index < -0.39 is 17.2 Å². The van der Waals surface area contributed by atoms with Crippen LogP contribution in [0.5, 0.6) is 0 Å². The van der Waals surface area contributed by atoms with Gasteiger partial charge in [0.25, 0.3) is 0 Å². The average Bonchev–Trinajstić information content (AvgIpc) is 2.51. The molecule has 0 heterocycles. The highest BCUT2D eigenvalue weighted by Gasteiger charge is 2.23. The minimum atomic E-state index is -0.991. The van der Waals surface area contributed by atoms with Crippen LogP contribution >= 0.6 is 11.8 Å². The van der Waals surface area contributed by atoms with Crippen molar-refractivity contribution in [3.05, 3.63) is 35.4 Å².